The summed E-state index contributed by atoms with van der Waals surface area (Å²) in [4.78, 5) is 2.75. The maximum Gasteiger partial charge on any atom is 0.181 e. The van der Waals surface area contributed by atoms with E-state index in [0.29, 0.717) is 30.3 Å². The third-order valence-corrected chi connectivity index (χ3v) is 8.29. The van der Waals surface area contributed by atoms with E-state index in [9.17, 15) is 8.42 Å². The molecular weight excluding hydrogens is 382 g/mol. The van der Waals surface area contributed by atoms with Crippen LogP contribution in [0.15, 0.2) is 59.5 Å². The van der Waals surface area contributed by atoms with E-state index in [1.165, 1.54) is 5.56 Å². The van der Waals surface area contributed by atoms with Crippen LogP contribution in [0.2, 0.25) is 0 Å². The van der Waals surface area contributed by atoms with Gasteiger partial charge in [-0.25, -0.2) is 8.42 Å². The van der Waals surface area contributed by atoms with Gasteiger partial charge in [-0.15, -0.1) is 0 Å². The molecule has 1 fully saturated rings. The number of ether oxygens (including phenoxy) is 1. The normalized spacial score (nSPS) is 16.2. The molecule has 0 bridgehead atoms. The van der Waals surface area contributed by atoms with E-state index in [2.05, 4.69) is 30.9 Å². The van der Waals surface area contributed by atoms with Gasteiger partial charge < -0.3 is 4.74 Å². The molecule has 0 radical (unpaired) electrons. The third kappa shape index (κ3) is 5.83. The molecule has 0 aliphatic carbocycles. The van der Waals surface area contributed by atoms with Crippen molar-refractivity contribution in [3.63, 3.8) is 0 Å². The first kappa shape index (κ1) is 21.8. The molecule has 0 N–H and O–H groups in total. The van der Waals surface area contributed by atoms with Crippen molar-refractivity contribution in [2.75, 3.05) is 19.7 Å². The molecule has 2 aromatic carbocycles. The molecule has 4 nitrogen and oxygen atoms in total. The van der Waals surface area contributed by atoms with Crippen LogP contribution in [0, 0.1) is 5.92 Å². The van der Waals surface area contributed by atoms with Crippen molar-refractivity contribution in [2.45, 2.75) is 56.2 Å². The topological polar surface area (TPSA) is 46.6 Å². The Kier molecular flexibility index (Phi) is 7.73. The highest BCUT2D eigenvalue weighted by molar-refractivity contribution is 7.92. The van der Waals surface area contributed by atoms with Gasteiger partial charge in [0.25, 0.3) is 0 Å². The summed E-state index contributed by atoms with van der Waals surface area (Å²) in [7, 11) is -3.30. The SMILES string of the molecule is CCC(CC)COc1ccc(S(=O)(=O)C2CCN(Cc3ccccc3)CC2)cc1. The van der Waals surface area contributed by atoms with Crippen molar-refractivity contribution >= 4 is 9.84 Å². The Morgan fingerprint density at radius 1 is 0.966 bits per heavy atom. The highest BCUT2D eigenvalue weighted by Gasteiger charge is 2.31. The first-order valence-corrected chi connectivity index (χ1v) is 12.3. The largest absolute Gasteiger partial charge is 0.493 e. The number of hydrogen-bond donors (Lipinski definition) is 0. The number of likely N-dealkylation sites (tertiary alicyclic amines) is 1. The van der Waals surface area contributed by atoms with E-state index in [-0.39, 0.29) is 5.25 Å². The Morgan fingerprint density at radius 2 is 1.59 bits per heavy atom. The lowest BCUT2D eigenvalue weighted by Crippen LogP contribution is -2.38. The van der Waals surface area contributed by atoms with Crippen LogP contribution in [0.5, 0.6) is 5.75 Å². The number of nitrogens with zero attached hydrogens (tertiary/aromatic N) is 1. The highest BCUT2D eigenvalue weighted by atomic mass is 32.2. The zero-order valence-corrected chi connectivity index (χ0v) is 18.4. The lowest BCUT2D eigenvalue weighted by molar-refractivity contribution is 0.222. The minimum atomic E-state index is -3.30. The molecule has 3 rings (SSSR count). The summed E-state index contributed by atoms with van der Waals surface area (Å²) in [6.07, 6.45) is 3.54. The number of sulfone groups is 1. The molecule has 2 aromatic rings. The second kappa shape index (κ2) is 10.3. The van der Waals surface area contributed by atoms with Crippen LogP contribution in [-0.2, 0) is 16.4 Å². The van der Waals surface area contributed by atoms with E-state index in [4.69, 9.17) is 4.74 Å². The zero-order chi connectivity index (χ0) is 20.7. The van der Waals surface area contributed by atoms with Crippen LogP contribution in [-0.4, -0.2) is 38.3 Å². The van der Waals surface area contributed by atoms with Gasteiger partial charge in [0.2, 0.25) is 0 Å². The second-order valence-electron chi connectivity index (χ2n) is 7.97. The number of rotatable bonds is 9. The summed E-state index contributed by atoms with van der Waals surface area (Å²) in [6.45, 7) is 7.52. The van der Waals surface area contributed by atoms with Crippen LogP contribution < -0.4 is 4.74 Å². The van der Waals surface area contributed by atoms with Gasteiger partial charge in [0.15, 0.2) is 9.84 Å². The minimum absolute atomic E-state index is 0.300. The summed E-state index contributed by atoms with van der Waals surface area (Å²) in [5.41, 5.74) is 1.28. The average molecular weight is 416 g/mol. The van der Waals surface area contributed by atoms with E-state index in [0.717, 1.165) is 38.2 Å². The maximum absolute atomic E-state index is 13.1. The Hall–Kier alpha value is -1.85. The summed E-state index contributed by atoms with van der Waals surface area (Å²) in [6, 6.07) is 17.3. The smallest absolute Gasteiger partial charge is 0.181 e. The molecule has 1 aliphatic heterocycles. The van der Waals surface area contributed by atoms with Crippen molar-refractivity contribution in [3.05, 3.63) is 60.2 Å². The summed E-state index contributed by atoms with van der Waals surface area (Å²) < 4.78 is 32.0. The molecular formula is C24H33NO3S. The summed E-state index contributed by atoms with van der Waals surface area (Å²) in [5.74, 6) is 1.29. The quantitative estimate of drug-likeness (QED) is 0.582. The van der Waals surface area contributed by atoms with Crippen LogP contribution >= 0.6 is 0 Å². The molecule has 158 valence electrons. The Balaban J connectivity index is 1.55. The van der Waals surface area contributed by atoms with E-state index in [1.54, 1.807) is 24.3 Å². The van der Waals surface area contributed by atoms with E-state index >= 15 is 0 Å². The molecule has 0 saturated carbocycles. The lowest BCUT2D eigenvalue weighted by atomic mass is 10.1. The van der Waals surface area contributed by atoms with Crippen molar-refractivity contribution in [3.8, 4) is 5.75 Å². The first-order valence-electron chi connectivity index (χ1n) is 10.8. The fourth-order valence-corrected chi connectivity index (χ4v) is 5.61. The standard InChI is InChI=1S/C24H33NO3S/c1-3-20(4-2)19-28-22-10-12-23(13-11-22)29(26,27)24-14-16-25(17-15-24)18-21-8-6-5-7-9-21/h5-13,20,24H,3-4,14-19H2,1-2H3. The Labute approximate surface area is 175 Å². The monoisotopic (exact) mass is 415 g/mol. The molecule has 0 aromatic heterocycles. The Bertz CT molecular complexity index is 837. The van der Waals surface area contributed by atoms with Crippen molar-refractivity contribution < 1.29 is 13.2 Å². The average Bonchev–Trinajstić information content (AvgIpc) is 2.76. The molecule has 1 saturated heterocycles. The predicted molar refractivity (Wildman–Crippen MR) is 118 cm³/mol. The number of piperidine rings is 1. The molecule has 1 heterocycles. The van der Waals surface area contributed by atoms with Crippen LogP contribution in [0.1, 0.15) is 45.1 Å². The molecule has 0 atom stereocenters. The third-order valence-electron chi connectivity index (χ3n) is 6.02. The van der Waals surface area contributed by atoms with Crippen molar-refractivity contribution in [1.82, 2.24) is 4.90 Å². The molecule has 0 amide bonds. The molecule has 1 aliphatic rings. The molecule has 5 heteroatoms. The van der Waals surface area contributed by atoms with Crippen molar-refractivity contribution in [2.24, 2.45) is 5.92 Å². The van der Waals surface area contributed by atoms with Gasteiger partial charge in [0.1, 0.15) is 5.75 Å². The van der Waals surface area contributed by atoms with Crippen LogP contribution in [0.25, 0.3) is 0 Å². The fourth-order valence-electron chi connectivity index (χ4n) is 3.88. The van der Waals surface area contributed by atoms with Gasteiger partial charge >= 0.3 is 0 Å². The summed E-state index contributed by atoms with van der Waals surface area (Å²) in [5, 5.41) is -0.300. The number of hydrogen-bond acceptors (Lipinski definition) is 4. The fraction of sp³-hybridized carbons (Fsp3) is 0.500. The maximum atomic E-state index is 13.1. The van der Waals surface area contributed by atoms with Crippen LogP contribution in [0.4, 0.5) is 0 Å². The highest BCUT2D eigenvalue weighted by Crippen LogP contribution is 2.27. The van der Waals surface area contributed by atoms with Gasteiger partial charge in [-0.05, 0) is 61.7 Å². The zero-order valence-electron chi connectivity index (χ0n) is 17.6. The lowest BCUT2D eigenvalue weighted by Gasteiger charge is -2.31. The van der Waals surface area contributed by atoms with E-state index in [1.807, 2.05) is 18.2 Å². The van der Waals surface area contributed by atoms with Gasteiger partial charge in [-0.2, -0.15) is 0 Å². The predicted octanol–water partition coefficient (Wildman–Crippen LogP) is 4.94. The van der Waals surface area contributed by atoms with Gasteiger partial charge in [-0.1, -0.05) is 57.0 Å². The van der Waals surface area contributed by atoms with Gasteiger partial charge in [0.05, 0.1) is 16.8 Å². The second-order valence-corrected chi connectivity index (χ2v) is 10.2. The summed E-state index contributed by atoms with van der Waals surface area (Å²) >= 11 is 0. The Morgan fingerprint density at radius 3 is 2.17 bits per heavy atom. The van der Waals surface area contributed by atoms with Crippen molar-refractivity contribution in [1.29, 1.82) is 0 Å². The van der Waals surface area contributed by atoms with Crippen LogP contribution in [0.3, 0.4) is 0 Å². The van der Waals surface area contributed by atoms with Gasteiger partial charge in [0, 0.05) is 6.54 Å². The number of benzene rings is 2. The molecule has 0 unspecified atom stereocenters. The molecule has 0 spiro atoms. The minimum Gasteiger partial charge on any atom is -0.493 e. The van der Waals surface area contributed by atoms with E-state index < -0.39 is 9.84 Å². The first-order chi connectivity index (χ1) is 14.0. The van der Waals surface area contributed by atoms with Gasteiger partial charge in [-0.3, -0.25) is 4.90 Å². The molecule has 29 heavy (non-hydrogen) atoms.